The summed E-state index contributed by atoms with van der Waals surface area (Å²) in [4.78, 5) is 17.2. The molecule has 0 saturated heterocycles. The summed E-state index contributed by atoms with van der Waals surface area (Å²) in [6.45, 7) is 1.54. The van der Waals surface area contributed by atoms with E-state index in [2.05, 4.69) is 15.4 Å². The van der Waals surface area contributed by atoms with E-state index in [1.807, 2.05) is 0 Å². The van der Waals surface area contributed by atoms with Crippen LogP contribution in [0.1, 0.15) is 12.5 Å². The number of allylic oxidation sites excluding steroid dienone is 1. The van der Waals surface area contributed by atoms with E-state index in [0.29, 0.717) is 26.1 Å². The molecule has 2 heterocycles. The Bertz CT molecular complexity index is 1220. The Morgan fingerprint density at radius 3 is 2.58 bits per heavy atom. The molecule has 2 aromatic carbocycles. The van der Waals surface area contributed by atoms with Crippen LogP contribution in [0.4, 0.5) is 18.3 Å². The Hall–Kier alpha value is -2.62. The van der Waals surface area contributed by atoms with Crippen LogP contribution >= 0.6 is 34.5 Å². The first-order valence-electron chi connectivity index (χ1n) is 8.90. The lowest BCUT2D eigenvalue weighted by Gasteiger charge is -2.13. The largest absolute Gasteiger partial charge is 0.436 e. The number of rotatable bonds is 4. The summed E-state index contributed by atoms with van der Waals surface area (Å²) >= 11 is 12.9. The zero-order valence-electron chi connectivity index (χ0n) is 15.8. The fourth-order valence-corrected chi connectivity index (χ4v) is 4.23. The maximum absolute atomic E-state index is 13.7. The zero-order chi connectivity index (χ0) is 22.3. The molecule has 0 radical (unpaired) electrons. The molecule has 3 aromatic rings. The van der Waals surface area contributed by atoms with Gasteiger partial charge in [-0.2, -0.15) is 23.3 Å². The van der Waals surface area contributed by atoms with Crippen LogP contribution < -0.4 is 10.3 Å². The molecule has 0 spiro atoms. The molecule has 0 fully saturated rings. The second-order valence-electron chi connectivity index (χ2n) is 6.63. The van der Waals surface area contributed by atoms with E-state index in [9.17, 15) is 18.0 Å². The molecule has 160 valence electrons. The first kappa shape index (κ1) is 21.6. The van der Waals surface area contributed by atoms with Crippen LogP contribution in [0.2, 0.25) is 10.0 Å². The number of nitrogens with zero attached hydrogens (tertiary/aromatic N) is 3. The van der Waals surface area contributed by atoms with Crippen molar-refractivity contribution in [3.05, 3.63) is 69.3 Å². The molecule has 0 saturated carbocycles. The van der Waals surface area contributed by atoms with Gasteiger partial charge in [0.15, 0.2) is 5.71 Å². The molecule has 4 rings (SSSR count). The number of anilines is 1. The minimum absolute atomic E-state index is 0.0377. The molecule has 0 bridgehead atoms. The second-order valence-corrected chi connectivity index (χ2v) is 8.45. The molecular weight excluding hydrogens is 472 g/mol. The third-order valence-corrected chi connectivity index (χ3v) is 6.24. The van der Waals surface area contributed by atoms with E-state index in [4.69, 9.17) is 23.2 Å². The van der Waals surface area contributed by atoms with E-state index < -0.39 is 23.4 Å². The SMILES string of the molecule is C/C(NCc1ccc(Cl)c(Cl)c1)=C1/C(=O)N(c2nc3ccccc3s2)N=C1C(F)(F)F. The Labute approximate surface area is 188 Å². The summed E-state index contributed by atoms with van der Waals surface area (Å²) in [5.41, 5.74) is -0.516. The average Bonchev–Trinajstić information content (AvgIpc) is 3.29. The minimum Gasteiger partial charge on any atom is -0.384 e. The summed E-state index contributed by atoms with van der Waals surface area (Å²) in [6.07, 6.45) is -4.82. The first-order valence-corrected chi connectivity index (χ1v) is 10.5. The van der Waals surface area contributed by atoms with Crippen LogP contribution in [0, 0.1) is 0 Å². The Balaban J connectivity index is 1.67. The van der Waals surface area contributed by atoms with Crippen molar-refractivity contribution in [3.8, 4) is 0 Å². The van der Waals surface area contributed by atoms with E-state index in [0.717, 1.165) is 16.0 Å². The van der Waals surface area contributed by atoms with E-state index in [-0.39, 0.29) is 17.4 Å². The molecule has 1 N–H and O–H groups in total. The third kappa shape index (κ3) is 4.26. The molecule has 1 amide bonds. The van der Waals surface area contributed by atoms with Crippen LogP contribution in [-0.4, -0.2) is 22.8 Å². The Kier molecular flexibility index (Phi) is 5.67. The molecule has 0 atom stereocenters. The lowest BCUT2D eigenvalue weighted by atomic mass is 10.1. The van der Waals surface area contributed by atoms with Gasteiger partial charge in [0, 0.05) is 12.2 Å². The summed E-state index contributed by atoms with van der Waals surface area (Å²) in [5, 5.41) is 7.89. The summed E-state index contributed by atoms with van der Waals surface area (Å²) in [6, 6.07) is 11.9. The molecule has 11 heteroatoms. The van der Waals surface area contributed by atoms with Crippen molar-refractivity contribution in [2.45, 2.75) is 19.6 Å². The van der Waals surface area contributed by atoms with Crippen molar-refractivity contribution in [3.63, 3.8) is 0 Å². The van der Waals surface area contributed by atoms with Crippen molar-refractivity contribution < 1.29 is 18.0 Å². The third-order valence-electron chi connectivity index (χ3n) is 4.49. The fraction of sp³-hybridized carbons (Fsp3) is 0.150. The summed E-state index contributed by atoms with van der Waals surface area (Å²) < 4.78 is 41.8. The van der Waals surface area contributed by atoms with Gasteiger partial charge >= 0.3 is 6.18 Å². The van der Waals surface area contributed by atoms with Crippen LogP contribution in [-0.2, 0) is 11.3 Å². The summed E-state index contributed by atoms with van der Waals surface area (Å²) in [5.74, 6) is -0.898. The van der Waals surface area contributed by atoms with Gasteiger partial charge in [-0.25, -0.2) is 4.98 Å². The number of alkyl halides is 3. The number of aromatic nitrogens is 1. The van der Waals surface area contributed by atoms with Gasteiger partial charge in [0.2, 0.25) is 5.13 Å². The number of hydrogen-bond donors (Lipinski definition) is 1. The van der Waals surface area contributed by atoms with Crippen LogP contribution in [0.3, 0.4) is 0 Å². The number of halogens is 5. The van der Waals surface area contributed by atoms with E-state index in [1.165, 1.54) is 6.92 Å². The quantitative estimate of drug-likeness (QED) is 0.466. The molecule has 0 aliphatic carbocycles. The number of para-hydroxylation sites is 1. The highest BCUT2D eigenvalue weighted by molar-refractivity contribution is 7.22. The highest BCUT2D eigenvalue weighted by Crippen LogP contribution is 2.36. The van der Waals surface area contributed by atoms with Crippen molar-refractivity contribution >= 4 is 61.5 Å². The maximum Gasteiger partial charge on any atom is 0.436 e. The lowest BCUT2D eigenvalue weighted by molar-refractivity contribution is -0.114. The molecule has 31 heavy (non-hydrogen) atoms. The van der Waals surface area contributed by atoms with Gasteiger partial charge in [-0.15, -0.1) is 0 Å². The number of hydrazone groups is 1. The number of thiazole rings is 1. The zero-order valence-corrected chi connectivity index (χ0v) is 18.1. The monoisotopic (exact) mass is 484 g/mol. The number of fused-ring (bicyclic) bond motifs is 1. The molecular formula is C20H13Cl2F3N4OS. The van der Waals surface area contributed by atoms with Gasteiger partial charge in [0.05, 0.1) is 25.8 Å². The van der Waals surface area contributed by atoms with Crippen LogP contribution in [0.25, 0.3) is 10.2 Å². The Morgan fingerprint density at radius 1 is 1.16 bits per heavy atom. The predicted molar refractivity (Wildman–Crippen MR) is 117 cm³/mol. The van der Waals surface area contributed by atoms with Gasteiger partial charge < -0.3 is 5.32 Å². The molecule has 5 nitrogen and oxygen atoms in total. The van der Waals surface area contributed by atoms with E-state index in [1.54, 1.807) is 42.5 Å². The van der Waals surface area contributed by atoms with Gasteiger partial charge in [-0.1, -0.05) is 52.7 Å². The standard InChI is InChI=1S/C20H13Cl2F3N4OS/c1-10(26-9-11-6-7-12(21)13(22)8-11)16-17(20(23,24)25)28-29(18(16)30)19-27-14-4-2-3-5-15(14)31-19/h2-8,26H,9H2,1H3/b16-10-. The predicted octanol–water partition coefficient (Wildman–Crippen LogP) is 5.93. The normalized spacial score (nSPS) is 16.1. The van der Waals surface area contributed by atoms with Crippen LogP contribution in [0.5, 0.6) is 0 Å². The highest BCUT2D eigenvalue weighted by atomic mass is 35.5. The average molecular weight is 485 g/mol. The number of carbonyl (C=O) groups is 1. The highest BCUT2D eigenvalue weighted by Gasteiger charge is 2.48. The molecule has 1 aliphatic rings. The Morgan fingerprint density at radius 2 is 1.90 bits per heavy atom. The number of amides is 1. The van der Waals surface area contributed by atoms with E-state index >= 15 is 0 Å². The minimum atomic E-state index is -4.82. The van der Waals surface area contributed by atoms with Crippen molar-refractivity contribution in [1.82, 2.24) is 10.3 Å². The molecule has 1 aliphatic heterocycles. The molecule has 1 aromatic heterocycles. The fourth-order valence-electron chi connectivity index (χ4n) is 2.99. The maximum atomic E-state index is 13.7. The van der Waals surface area contributed by atoms with Crippen LogP contribution in [0.15, 0.2) is 58.8 Å². The molecule has 0 unspecified atom stereocenters. The lowest BCUT2D eigenvalue weighted by Crippen LogP contribution is -2.29. The van der Waals surface area contributed by atoms with Gasteiger partial charge in [-0.3, -0.25) is 4.79 Å². The van der Waals surface area contributed by atoms with Gasteiger partial charge in [0.25, 0.3) is 5.91 Å². The van der Waals surface area contributed by atoms with Gasteiger partial charge in [-0.05, 0) is 36.8 Å². The van der Waals surface area contributed by atoms with Crippen molar-refractivity contribution in [1.29, 1.82) is 0 Å². The number of nitrogens with one attached hydrogen (secondary N) is 1. The summed E-state index contributed by atoms with van der Waals surface area (Å²) in [7, 11) is 0. The van der Waals surface area contributed by atoms with Gasteiger partial charge in [0.1, 0.15) is 0 Å². The number of hydrogen-bond acceptors (Lipinski definition) is 5. The number of carbonyl (C=O) groups excluding carboxylic acids is 1. The first-order chi connectivity index (χ1) is 14.6. The second kappa shape index (κ2) is 8.14. The number of benzene rings is 2. The topological polar surface area (TPSA) is 57.6 Å². The van der Waals surface area contributed by atoms with Crippen molar-refractivity contribution in [2.75, 3.05) is 5.01 Å². The smallest absolute Gasteiger partial charge is 0.384 e. The van der Waals surface area contributed by atoms with Crippen molar-refractivity contribution in [2.24, 2.45) is 5.10 Å².